The predicted molar refractivity (Wildman–Crippen MR) is 83.7 cm³/mol. The summed E-state index contributed by atoms with van der Waals surface area (Å²) < 4.78 is 0. The Labute approximate surface area is 120 Å². The molecule has 0 heterocycles. The van der Waals surface area contributed by atoms with Crippen molar-refractivity contribution in [2.45, 2.75) is 32.6 Å². The Morgan fingerprint density at radius 1 is 1.20 bits per heavy atom. The topological polar surface area (TPSA) is 29.1 Å². The molecule has 2 nitrogen and oxygen atoms in total. The molecule has 1 aliphatic rings. The Bertz CT molecular complexity index is 614. The van der Waals surface area contributed by atoms with Crippen LogP contribution in [0.15, 0.2) is 42.5 Å². The van der Waals surface area contributed by atoms with Crippen molar-refractivity contribution in [3.05, 3.63) is 42.5 Å². The van der Waals surface area contributed by atoms with E-state index < -0.39 is 0 Å². The molecule has 1 amide bonds. The van der Waals surface area contributed by atoms with Crippen molar-refractivity contribution in [3.8, 4) is 0 Å². The van der Waals surface area contributed by atoms with E-state index in [0.29, 0.717) is 5.92 Å². The highest BCUT2D eigenvalue weighted by atomic mass is 16.2. The second-order valence-corrected chi connectivity index (χ2v) is 5.76. The van der Waals surface area contributed by atoms with Crippen molar-refractivity contribution in [1.29, 1.82) is 0 Å². The number of amides is 1. The molecule has 1 N–H and O–H groups in total. The summed E-state index contributed by atoms with van der Waals surface area (Å²) in [5.74, 6) is 1.05. The van der Waals surface area contributed by atoms with Crippen LogP contribution in [0.2, 0.25) is 0 Å². The number of carbonyl (C=O) groups is 1. The molecule has 1 aliphatic carbocycles. The van der Waals surface area contributed by atoms with Crippen molar-refractivity contribution in [2.75, 3.05) is 5.32 Å². The molecule has 0 aromatic heterocycles. The molecular weight excluding hydrogens is 246 g/mol. The summed E-state index contributed by atoms with van der Waals surface area (Å²) in [6.45, 7) is 2.20. The van der Waals surface area contributed by atoms with E-state index in [1.165, 1.54) is 24.6 Å². The van der Waals surface area contributed by atoms with Crippen LogP contribution in [0.1, 0.15) is 32.6 Å². The summed E-state index contributed by atoms with van der Waals surface area (Å²) in [6, 6.07) is 14.2. The van der Waals surface area contributed by atoms with E-state index in [-0.39, 0.29) is 11.8 Å². The molecule has 2 aromatic rings. The normalized spacial score (nSPS) is 20.9. The van der Waals surface area contributed by atoms with Crippen LogP contribution in [0.3, 0.4) is 0 Å². The first kappa shape index (κ1) is 13.2. The number of nitrogens with one attached hydrogen (secondary N) is 1. The maximum Gasteiger partial charge on any atom is 0.227 e. The van der Waals surface area contributed by atoms with Crippen LogP contribution in [0.4, 0.5) is 5.69 Å². The van der Waals surface area contributed by atoms with Crippen LogP contribution < -0.4 is 5.32 Å². The molecule has 0 bridgehead atoms. The first-order valence-electron chi connectivity index (χ1n) is 7.58. The molecule has 20 heavy (non-hydrogen) atoms. The highest BCUT2D eigenvalue weighted by molar-refractivity contribution is 6.03. The van der Waals surface area contributed by atoms with Crippen molar-refractivity contribution < 1.29 is 4.79 Å². The van der Waals surface area contributed by atoms with Gasteiger partial charge in [-0.1, -0.05) is 56.2 Å². The third-order valence-corrected chi connectivity index (χ3v) is 4.24. The lowest BCUT2D eigenvalue weighted by atomic mass is 10.1. The highest BCUT2D eigenvalue weighted by Crippen LogP contribution is 2.43. The van der Waals surface area contributed by atoms with Gasteiger partial charge in [-0.3, -0.25) is 4.79 Å². The number of rotatable bonds is 5. The van der Waals surface area contributed by atoms with Crippen LogP contribution in [-0.2, 0) is 4.79 Å². The van der Waals surface area contributed by atoms with Gasteiger partial charge in [-0.2, -0.15) is 0 Å². The van der Waals surface area contributed by atoms with Gasteiger partial charge in [-0.25, -0.2) is 0 Å². The third-order valence-electron chi connectivity index (χ3n) is 4.24. The van der Waals surface area contributed by atoms with Gasteiger partial charge in [-0.05, 0) is 30.2 Å². The monoisotopic (exact) mass is 267 g/mol. The van der Waals surface area contributed by atoms with E-state index in [9.17, 15) is 4.79 Å². The second-order valence-electron chi connectivity index (χ2n) is 5.76. The molecular formula is C18H21NO. The molecule has 2 aromatic carbocycles. The number of hydrogen-bond acceptors (Lipinski definition) is 1. The summed E-state index contributed by atoms with van der Waals surface area (Å²) in [4.78, 5) is 12.3. The fourth-order valence-corrected chi connectivity index (χ4v) is 2.91. The van der Waals surface area contributed by atoms with Crippen LogP contribution in [0.5, 0.6) is 0 Å². The molecule has 3 rings (SSSR count). The molecule has 0 spiro atoms. The summed E-state index contributed by atoms with van der Waals surface area (Å²) in [7, 11) is 0. The zero-order chi connectivity index (χ0) is 13.9. The molecule has 104 valence electrons. The van der Waals surface area contributed by atoms with Gasteiger partial charge < -0.3 is 5.32 Å². The fraction of sp³-hybridized carbons (Fsp3) is 0.389. The van der Waals surface area contributed by atoms with E-state index in [1.54, 1.807) is 0 Å². The molecule has 0 saturated heterocycles. The molecule has 1 fully saturated rings. The Morgan fingerprint density at radius 2 is 2.00 bits per heavy atom. The predicted octanol–water partition coefficient (Wildman–Crippen LogP) is 4.60. The van der Waals surface area contributed by atoms with Gasteiger partial charge in [0.05, 0.1) is 0 Å². The lowest BCUT2D eigenvalue weighted by molar-refractivity contribution is -0.117. The fourth-order valence-electron chi connectivity index (χ4n) is 2.91. The van der Waals surface area contributed by atoms with E-state index in [0.717, 1.165) is 17.5 Å². The number of hydrogen-bond donors (Lipinski definition) is 1. The van der Waals surface area contributed by atoms with Crippen LogP contribution >= 0.6 is 0 Å². The van der Waals surface area contributed by atoms with Gasteiger partial charge in [-0.15, -0.1) is 0 Å². The van der Waals surface area contributed by atoms with E-state index in [4.69, 9.17) is 0 Å². The van der Waals surface area contributed by atoms with Gasteiger partial charge >= 0.3 is 0 Å². The quantitative estimate of drug-likeness (QED) is 0.842. The molecule has 0 radical (unpaired) electrons. The minimum absolute atomic E-state index is 0.197. The molecule has 0 aliphatic heterocycles. The molecule has 1 saturated carbocycles. The minimum Gasteiger partial charge on any atom is -0.325 e. The van der Waals surface area contributed by atoms with Crippen molar-refractivity contribution in [1.82, 2.24) is 0 Å². The maximum absolute atomic E-state index is 12.3. The molecule has 2 heteroatoms. The van der Waals surface area contributed by atoms with Crippen molar-refractivity contribution >= 4 is 22.4 Å². The average Bonchev–Trinajstić information content (AvgIpc) is 3.25. The second kappa shape index (κ2) is 5.66. The highest BCUT2D eigenvalue weighted by Gasteiger charge is 2.42. The summed E-state index contributed by atoms with van der Waals surface area (Å²) in [5.41, 5.74) is 0.939. The Kier molecular flexibility index (Phi) is 3.72. The van der Waals surface area contributed by atoms with E-state index in [2.05, 4.69) is 30.4 Å². The Balaban J connectivity index is 1.70. The Morgan fingerprint density at radius 3 is 2.85 bits per heavy atom. The van der Waals surface area contributed by atoms with Crippen LogP contribution in [0, 0.1) is 11.8 Å². The van der Waals surface area contributed by atoms with Gasteiger partial charge in [0.25, 0.3) is 0 Å². The maximum atomic E-state index is 12.3. The van der Waals surface area contributed by atoms with E-state index in [1.807, 2.05) is 24.3 Å². The van der Waals surface area contributed by atoms with Crippen molar-refractivity contribution in [3.63, 3.8) is 0 Å². The summed E-state index contributed by atoms with van der Waals surface area (Å²) in [6.07, 6.45) is 4.72. The summed E-state index contributed by atoms with van der Waals surface area (Å²) in [5, 5.41) is 5.40. The van der Waals surface area contributed by atoms with Crippen LogP contribution in [-0.4, -0.2) is 5.91 Å². The lowest BCUT2D eigenvalue weighted by Crippen LogP contribution is -2.15. The number of benzene rings is 2. The van der Waals surface area contributed by atoms with Crippen molar-refractivity contribution in [2.24, 2.45) is 11.8 Å². The third kappa shape index (κ3) is 2.69. The first-order valence-corrected chi connectivity index (χ1v) is 7.58. The lowest BCUT2D eigenvalue weighted by Gasteiger charge is -2.08. The Hall–Kier alpha value is -1.83. The number of anilines is 1. The van der Waals surface area contributed by atoms with E-state index >= 15 is 0 Å². The first-order chi connectivity index (χ1) is 9.79. The molecule has 0 unspecified atom stereocenters. The standard InChI is InChI=1S/C18H21NO/c1-2-3-7-14-12-16(14)18(20)19-17-11-6-9-13-8-4-5-10-15(13)17/h4-6,8-11,14,16H,2-3,7,12H2,1H3,(H,19,20)/t14-,16+/m1/s1. The van der Waals surface area contributed by atoms with Gasteiger partial charge in [0.1, 0.15) is 0 Å². The van der Waals surface area contributed by atoms with Gasteiger partial charge in [0.2, 0.25) is 5.91 Å². The van der Waals surface area contributed by atoms with Gasteiger partial charge in [0.15, 0.2) is 0 Å². The number of fused-ring (bicyclic) bond motifs is 1. The molecule has 2 atom stereocenters. The number of unbranched alkanes of at least 4 members (excludes halogenated alkanes) is 1. The smallest absolute Gasteiger partial charge is 0.227 e. The zero-order valence-electron chi connectivity index (χ0n) is 11.9. The minimum atomic E-state index is 0.197. The summed E-state index contributed by atoms with van der Waals surface area (Å²) >= 11 is 0. The largest absolute Gasteiger partial charge is 0.325 e. The van der Waals surface area contributed by atoms with Crippen LogP contribution in [0.25, 0.3) is 10.8 Å². The van der Waals surface area contributed by atoms with Gasteiger partial charge in [0, 0.05) is 17.0 Å². The number of carbonyl (C=O) groups excluding carboxylic acids is 1. The average molecular weight is 267 g/mol. The zero-order valence-corrected chi connectivity index (χ0v) is 11.9. The SMILES string of the molecule is CCCC[C@@H]1C[C@@H]1C(=O)Nc1cccc2ccccc12.